The van der Waals surface area contributed by atoms with Gasteiger partial charge in [0, 0.05) is 11.6 Å². The summed E-state index contributed by atoms with van der Waals surface area (Å²) in [5.41, 5.74) is 1.23. The van der Waals surface area contributed by atoms with E-state index in [9.17, 15) is 0 Å². The van der Waals surface area contributed by atoms with Crippen LogP contribution in [0.2, 0.25) is 0 Å². The molecule has 0 saturated heterocycles. The summed E-state index contributed by atoms with van der Waals surface area (Å²) in [6.45, 7) is 7.37. The molecule has 0 aromatic heterocycles. The number of hydrogen-bond donors (Lipinski definition) is 1. The van der Waals surface area contributed by atoms with Gasteiger partial charge in [0.25, 0.3) is 0 Å². The zero-order valence-corrected chi connectivity index (χ0v) is 10.8. The molecule has 1 atom stereocenters. The topological polar surface area (TPSA) is 21.3 Å². The summed E-state index contributed by atoms with van der Waals surface area (Å²) in [6.07, 6.45) is 1.10. The predicted molar refractivity (Wildman–Crippen MR) is 68.9 cm³/mol. The van der Waals surface area contributed by atoms with Gasteiger partial charge in [-0.15, -0.1) is 0 Å². The summed E-state index contributed by atoms with van der Waals surface area (Å²) in [4.78, 5) is 0. The molecule has 1 rings (SSSR count). The second kappa shape index (κ2) is 6.54. The Labute approximate surface area is 99.0 Å². The lowest BCUT2D eigenvalue weighted by atomic mass is 10.1. The maximum atomic E-state index is 5.83. The van der Waals surface area contributed by atoms with Crippen LogP contribution in [-0.4, -0.2) is 13.7 Å². The molecule has 1 unspecified atom stereocenters. The van der Waals surface area contributed by atoms with Crippen molar-refractivity contribution in [2.24, 2.45) is 5.92 Å². The number of para-hydroxylation sites is 1. The Bertz CT molecular complexity index is 309. The van der Waals surface area contributed by atoms with E-state index in [1.165, 1.54) is 5.56 Å². The molecule has 0 bridgehead atoms. The standard InChI is InChI=1S/C14H23NO/c1-11(2)9-10-16-14-8-6-5-7-13(14)12(3)15-4/h5-8,11-12,15H,9-10H2,1-4H3. The van der Waals surface area contributed by atoms with Crippen LogP contribution in [0, 0.1) is 5.92 Å². The molecule has 0 aliphatic carbocycles. The highest BCUT2D eigenvalue weighted by Crippen LogP contribution is 2.24. The minimum atomic E-state index is 0.329. The van der Waals surface area contributed by atoms with Gasteiger partial charge in [-0.1, -0.05) is 32.0 Å². The van der Waals surface area contributed by atoms with Crippen LogP contribution in [0.15, 0.2) is 24.3 Å². The van der Waals surface area contributed by atoms with Gasteiger partial charge in [0.15, 0.2) is 0 Å². The van der Waals surface area contributed by atoms with E-state index in [-0.39, 0.29) is 0 Å². The molecule has 90 valence electrons. The average Bonchev–Trinajstić information content (AvgIpc) is 2.28. The minimum Gasteiger partial charge on any atom is -0.493 e. The lowest BCUT2D eigenvalue weighted by Crippen LogP contribution is -2.14. The van der Waals surface area contributed by atoms with Crippen molar-refractivity contribution in [2.45, 2.75) is 33.2 Å². The molecular formula is C14H23NO. The normalized spacial score (nSPS) is 12.8. The number of nitrogens with one attached hydrogen (secondary N) is 1. The number of hydrogen-bond acceptors (Lipinski definition) is 2. The van der Waals surface area contributed by atoms with Gasteiger partial charge in [0.2, 0.25) is 0 Å². The van der Waals surface area contributed by atoms with Crippen molar-refractivity contribution in [1.82, 2.24) is 5.32 Å². The first kappa shape index (κ1) is 13.0. The molecule has 0 aliphatic heterocycles. The van der Waals surface area contributed by atoms with Gasteiger partial charge in [-0.2, -0.15) is 0 Å². The van der Waals surface area contributed by atoms with Crippen LogP contribution in [0.5, 0.6) is 5.75 Å². The van der Waals surface area contributed by atoms with Crippen molar-refractivity contribution in [3.8, 4) is 5.75 Å². The zero-order chi connectivity index (χ0) is 12.0. The molecule has 0 heterocycles. The Morgan fingerprint density at radius 3 is 2.50 bits per heavy atom. The van der Waals surface area contributed by atoms with E-state index in [1.54, 1.807) is 0 Å². The average molecular weight is 221 g/mol. The SMILES string of the molecule is CNC(C)c1ccccc1OCCC(C)C. The third-order valence-corrected chi connectivity index (χ3v) is 2.77. The Morgan fingerprint density at radius 2 is 1.88 bits per heavy atom. The van der Waals surface area contributed by atoms with Crippen molar-refractivity contribution in [1.29, 1.82) is 0 Å². The molecule has 1 aromatic carbocycles. The van der Waals surface area contributed by atoms with E-state index in [0.717, 1.165) is 18.8 Å². The third kappa shape index (κ3) is 3.86. The van der Waals surface area contributed by atoms with Gasteiger partial charge in [-0.25, -0.2) is 0 Å². The molecule has 0 aliphatic rings. The number of ether oxygens (including phenoxy) is 1. The Hall–Kier alpha value is -1.02. The van der Waals surface area contributed by atoms with Crippen LogP contribution >= 0.6 is 0 Å². The number of benzene rings is 1. The van der Waals surface area contributed by atoms with E-state index in [0.29, 0.717) is 12.0 Å². The smallest absolute Gasteiger partial charge is 0.124 e. The van der Waals surface area contributed by atoms with E-state index in [4.69, 9.17) is 4.74 Å². The van der Waals surface area contributed by atoms with Crippen LogP contribution in [0.25, 0.3) is 0 Å². The first-order chi connectivity index (χ1) is 7.65. The molecule has 0 fully saturated rings. The quantitative estimate of drug-likeness (QED) is 0.795. The van der Waals surface area contributed by atoms with Crippen LogP contribution in [0.3, 0.4) is 0 Å². The van der Waals surface area contributed by atoms with Crippen molar-refractivity contribution >= 4 is 0 Å². The molecule has 0 amide bonds. The van der Waals surface area contributed by atoms with Crippen LogP contribution in [0.1, 0.15) is 38.8 Å². The van der Waals surface area contributed by atoms with Gasteiger partial charge in [-0.05, 0) is 32.4 Å². The van der Waals surface area contributed by atoms with Gasteiger partial charge in [-0.3, -0.25) is 0 Å². The molecule has 0 radical (unpaired) electrons. The van der Waals surface area contributed by atoms with E-state index in [1.807, 2.05) is 19.2 Å². The molecule has 1 aromatic rings. The Morgan fingerprint density at radius 1 is 1.19 bits per heavy atom. The third-order valence-electron chi connectivity index (χ3n) is 2.77. The van der Waals surface area contributed by atoms with E-state index >= 15 is 0 Å². The summed E-state index contributed by atoms with van der Waals surface area (Å²) < 4.78 is 5.83. The Balaban J connectivity index is 2.64. The van der Waals surface area contributed by atoms with Gasteiger partial charge in [0.05, 0.1) is 6.61 Å². The lowest BCUT2D eigenvalue weighted by Gasteiger charge is -2.16. The fraction of sp³-hybridized carbons (Fsp3) is 0.571. The summed E-state index contributed by atoms with van der Waals surface area (Å²) in [7, 11) is 1.97. The van der Waals surface area contributed by atoms with Crippen molar-refractivity contribution in [3.05, 3.63) is 29.8 Å². The summed E-state index contributed by atoms with van der Waals surface area (Å²) in [5.74, 6) is 1.69. The fourth-order valence-electron chi connectivity index (χ4n) is 1.53. The largest absolute Gasteiger partial charge is 0.493 e. The monoisotopic (exact) mass is 221 g/mol. The minimum absolute atomic E-state index is 0.329. The summed E-state index contributed by atoms with van der Waals surface area (Å²) >= 11 is 0. The fourth-order valence-corrected chi connectivity index (χ4v) is 1.53. The molecule has 0 spiro atoms. The maximum Gasteiger partial charge on any atom is 0.124 e. The maximum absolute atomic E-state index is 5.83. The van der Waals surface area contributed by atoms with E-state index in [2.05, 4.69) is 38.2 Å². The van der Waals surface area contributed by atoms with Crippen molar-refractivity contribution < 1.29 is 4.74 Å². The van der Waals surface area contributed by atoms with Gasteiger partial charge >= 0.3 is 0 Å². The zero-order valence-electron chi connectivity index (χ0n) is 10.8. The van der Waals surface area contributed by atoms with Crippen LogP contribution < -0.4 is 10.1 Å². The first-order valence-corrected chi connectivity index (χ1v) is 6.04. The Kier molecular flexibility index (Phi) is 5.33. The van der Waals surface area contributed by atoms with E-state index < -0.39 is 0 Å². The molecule has 0 saturated carbocycles. The second-order valence-corrected chi connectivity index (χ2v) is 4.58. The molecule has 2 heteroatoms. The van der Waals surface area contributed by atoms with Crippen LogP contribution in [-0.2, 0) is 0 Å². The first-order valence-electron chi connectivity index (χ1n) is 6.04. The lowest BCUT2D eigenvalue weighted by molar-refractivity contribution is 0.285. The molecule has 16 heavy (non-hydrogen) atoms. The highest BCUT2D eigenvalue weighted by molar-refractivity contribution is 5.35. The summed E-state index contributed by atoms with van der Waals surface area (Å²) in [5, 5.41) is 3.24. The molecular weight excluding hydrogens is 198 g/mol. The molecule has 2 nitrogen and oxygen atoms in total. The highest BCUT2D eigenvalue weighted by atomic mass is 16.5. The van der Waals surface area contributed by atoms with Crippen molar-refractivity contribution in [2.75, 3.05) is 13.7 Å². The number of rotatable bonds is 6. The second-order valence-electron chi connectivity index (χ2n) is 4.58. The van der Waals surface area contributed by atoms with Gasteiger partial charge in [0.1, 0.15) is 5.75 Å². The highest BCUT2D eigenvalue weighted by Gasteiger charge is 2.08. The molecule has 1 N–H and O–H groups in total. The summed E-state index contributed by atoms with van der Waals surface area (Å²) in [6, 6.07) is 8.57. The van der Waals surface area contributed by atoms with Crippen LogP contribution in [0.4, 0.5) is 0 Å². The van der Waals surface area contributed by atoms with Gasteiger partial charge < -0.3 is 10.1 Å². The van der Waals surface area contributed by atoms with Crippen molar-refractivity contribution in [3.63, 3.8) is 0 Å². The predicted octanol–water partition coefficient (Wildman–Crippen LogP) is 3.39.